The summed E-state index contributed by atoms with van der Waals surface area (Å²) in [5, 5.41) is 3.83. The quantitative estimate of drug-likeness (QED) is 0.699. The van der Waals surface area contributed by atoms with Gasteiger partial charge in [-0.3, -0.25) is 4.79 Å². The summed E-state index contributed by atoms with van der Waals surface area (Å²) in [4.78, 5) is 27.6. The number of carbonyl (C=O) groups excluding carboxylic acids is 1. The third-order valence-corrected chi connectivity index (χ3v) is 6.41. The molecule has 1 aliphatic rings. The Labute approximate surface area is 170 Å². The number of nitrogens with one attached hydrogen (secondary N) is 1. The molecule has 1 fully saturated rings. The van der Waals surface area contributed by atoms with Gasteiger partial charge in [-0.1, -0.05) is 11.6 Å². The summed E-state index contributed by atoms with van der Waals surface area (Å²) in [6.45, 7) is 5.59. The molecule has 6 nitrogen and oxygen atoms in total. The van der Waals surface area contributed by atoms with Gasteiger partial charge in [0.05, 0.1) is 21.0 Å². The van der Waals surface area contributed by atoms with E-state index in [2.05, 4.69) is 32.1 Å². The number of fused-ring (bicyclic) bond motifs is 1. The fourth-order valence-corrected chi connectivity index (χ4v) is 4.55. The second-order valence-corrected chi connectivity index (χ2v) is 8.21. The number of amides is 1. The number of likely N-dealkylation sites (N-methyl/N-ethyl adjacent to an activating group) is 1. The molecule has 1 aromatic carbocycles. The van der Waals surface area contributed by atoms with E-state index in [0.29, 0.717) is 10.6 Å². The largest absolute Gasteiger partial charge is 0.353 e. The Morgan fingerprint density at radius 1 is 1.25 bits per heavy atom. The smallest absolute Gasteiger partial charge is 0.266 e. The molecule has 0 saturated carbocycles. The maximum Gasteiger partial charge on any atom is 0.266 e. The van der Waals surface area contributed by atoms with Crippen molar-refractivity contribution in [2.75, 3.05) is 43.4 Å². The van der Waals surface area contributed by atoms with E-state index in [-0.39, 0.29) is 10.9 Å². The summed E-state index contributed by atoms with van der Waals surface area (Å²) in [5.74, 6) is 0.122. The van der Waals surface area contributed by atoms with E-state index in [1.807, 2.05) is 6.92 Å². The topological polar surface area (TPSA) is 61.4 Å². The number of piperazine rings is 1. The first-order valence-electron chi connectivity index (χ1n) is 8.88. The zero-order valence-electron chi connectivity index (χ0n) is 15.5. The van der Waals surface area contributed by atoms with Gasteiger partial charge in [-0.15, -0.1) is 11.3 Å². The van der Waals surface area contributed by atoms with E-state index in [0.717, 1.165) is 47.8 Å². The van der Waals surface area contributed by atoms with Crippen LogP contribution < -0.4 is 10.2 Å². The van der Waals surface area contributed by atoms with Crippen LogP contribution in [0.2, 0.25) is 5.02 Å². The van der Waals surface area contributed by atoms with E-state index in [9.17, 15) is 9.18 Å². The molecule has 0 radical (unpaired) electrons. The van der Waals surface area contributed by atoms with Crippen molar-refractivity contribution in [2.45, 2.75) is 6.92 Å². The minimum Gasteiger partial charge on any atom is -0.353 e. The molecule has 1 amide bonds. The zero-order valence-corrected chi connectivity index (χ0v) is 17.1. The minimum absolute atomic E-state index is 0.157. The molecule has 28 heavy (non-hydrogen) atoms. The van der Waals surface area contributed by atoms with Crippen LogP contribution in [0.3, 0.4) is 0 Å². The van der Waals surface area contributed by atoms with Crippen LogP contribution in [0.4, 0.5) is 15.9 Å². The maximum absolute atomic E-state index is 13.2. The fourth-order valence-electron chi connectivity index (χ4n) is 3.30. The van der Waals surface area contributed by atoms with Crippen LogP contribution in [0.5, 0.6) is 0 Å². The molecular weight excluding hydrogens is 401 g/mol. The summed E-state index contributed by atoms with van der Waals surface area (Å²) in [6, 6.07) is 3.88. The van der Waals surface area contributed by atoms with Crippen LogP contribution in [0, 0.1) is 12.7 Å². The zero-order chi connectivity index (χ0) is 19.8. The highest BCUT2D eigenvalue weighted by Gasteiger charge is 2.24. The van der Waals surface area contributed by atoms with E-state index >= 15 is 0 Å². The van der Waals surface area contributed by atoms with Gasteiger partial charge in [-0.2, -0.15) is 0 Å². The van der Waals surface area contributed by atoms with Gasteiger partial charge in [0, 0.05) is 26.2 Å². The highest BCUT2D eigenvalue weighted by atomic mass is 35.5. The Morgan fingerprint density at radius 2 is 2.00 bits per heavy atom. The van der Waals surface area contributed by atoms with Crippen molar-refractivity contribution in [3.63, 3.8) is 0 Å². The minimum atomic E-state index is -0.451. The number of aromatic nitrogens is 2. The van der Waals surface area contributed by atoms with Gasteiger partial charge in [0.25, 0.3) is 5.91 Å². The van der Waals surface area contributed by atoms with Crippen molar-refractivity contribution in [2.24, 2.45) is 0 Å². The highest BCUT2D eigenvalue weighted by molar-refractivity contribution is 7.20. The number of rotatable bonds is 3. The van der Waals surface area contributed by atoms with Gasteiger partial charge in [0.15, 0.2) is 0 Å². The fraction of sp³-hybridized carbons (Fsp3) is 0.316. The van der Waals surface area contributed by atoms with Crippen LogP contribution in [0.25, 0.3) is 10.2 Å². The van der Waals surface area contributed by atoms with Crippen LogP contribution >= 0.6 is 22.9 Å². The van der Waals surface area contributed by atoms with Crippen LogP contribution in [-0.4, -0.2) is 54.0 Å². The molecule has 1 aliphatic heterocycles. The molecule has 0 spiro atoms. The molecule has 0 bridgehead atoms. The maximum atomic E-state index is 13.2. The Bertz CT molecular complexity index is 1050. The molecular formula is C19H19ClFN5OS. The van der Waals surface area contributed by atoms with E-state index in [4.69, 9.17) is 11.6 Å². The van der Waals surface area contributed by atoms with Gasteiger partial charge in [0.1, 0.15) is 22.8 Å². The molecule has 9 heteroatoms. The van der Waals surface area contributed by atoms with Crippen molar-refractivity contribution in [1.82, 2.24) is 14.9 Å². The van der Waals surface area contributed by atoms with Crippen molar-refractivity contribution >= 4 is 50.6 Å². The van der Waals surface area contributed by atoms with Crippen molar-refractivity contribution < 1.29 is 9.18 Å². The lowest BCUT2D eigenvalue weighted by atomic mass is 10.1. The average molecular weight is 420 g/mol. The Kier molecular flexibility index (Phi) is 5.18. The SMILES string of the molecule is Cc1c(C(=O)Nc2ccc(F)cc2Cl)sc2ncnc(N3CCN(C)CC3)c12. The molecule has 0 unspecified atom stereocenters. The predicted octanol–water partition coefficient (Wildman–Crippen LogP) is 3.80. The number of hydrogen-bond acceptors (Lipinski definition) is 6. The normalized spacial score (nSPS) is 15.2. The van der Waals surface area contributed by atoms with Crippen LogP contribution in [0.15, 0.2) is 24.5 Å². The number of benzene rings is 1. The Hall–Kier alpha value is -2.29. The van der Waals surface area contributed by atoms with Gasteiger partial charge < -0.3 is 15.1 Å². The van der Waals surface area contributed by atoms with Crippen molar-refractivity contribution in [3.8, 4) is 0 Å². The number of halogens is 2. The summed E-state index contributed by atoms with van der Waals surface area (Å²) in [6.07, 6.45) is 1.55. The second kappa shape index (κ2) is 7.62. The number of hydrogen-bond donors (Lipinski definition) is 1. The third-order valence-electron chi connectivity index (χ3n) is 4.90. The number of thiophene rings is 1. The predicted molar refractivity (Wildman–Crippen MR) is 111 cm³/mol. The molecule has 1 saturated heterocycles. The number of carbonyl (C=O) groups is 1. The molecule has 0 atom stereocenters. The first-order chi connectivity index (χ1) is 13.4. The second-order valence-electron chi connectivity index (χ2n) is 6.80. The molecule has 0 aliphatic carbocycles. The molecule has 4 rings (SSSR count). The van der Waals surface area contributed by atoms with Crippen LogP contribution in [-0.2, 0) is 0 Å². The summed E-state index contributed by atoms with van der Waals surface area (Å²) in [5.41, 5.74) is 1.21. The van der Waals surface area contributed by atoms with E-state index in [1.165, 1.54) is 29.5 Å². The van der Waals surface area contributed by atoms with Gasteiger partial charge in [0.2, 0.25) is 0 Å². The number of aryl methyl sites for hydroxylation is 1. The average Bonchev–Trinajstić information content (AvgIpc) is 3.02. The lowest BCUT2D eigenvalue weighted by molar-refractivity contribution is 0.103. The third kappa shape index (κ3) is 3.55. The number of anilines is 2. The molecule has 2 aromatic heterocycles. The standard InChI is InChI=1S/C19H19ClFN5OS/c1-11-15-17(26-7-5-25(2)6-8-26)22-10-23-19(15)28-16(11)18(27)24-14-4-3-12(21)9-13(14)20/h3-4,9-10H,5-8H2,1-2H3,(H,24,27). The first kappa shape index (κ1) is 19.0. The number of nitrogens with zero attached hydrogens (tertiary/aromatic N) is 4. The molecule has 146 valence electrons. The lowest BCUT2D eigenvalue weighted by Gasteiger charge is -2.33. The Balaban J connectivity index is 1.68. The van der Waals surface area contributed by atoms with Crippen molar-refractivity contribution in [3.05, 3.63) is 45.8 Å². The van der Waals surface area contributed by atoms with Gasteiger partial charge >= 0.3 is 0 Å². The highest BCUT2D eigenvalue weighted by Crippen LogP contribution is 2.36. The van der Waals surface area contributed by atoms with E-state index in [1.54, 1.807) is 6.33 Å². The van der Waals surface area contributed by atoms with Gasteiger partial charge in [-0.05, 0) is 37.7 Å². The monoisotopic (exact) mass is 419 g/mol. The first-order valence-corrected chi connectivity index (χ1v) is 10.1. The van der Waals surface area contributed by atoms with E-state index < -0.39 is 5.82 Å². The van der Waals surface area contributed by atoms with Crippen LogP contribution in [0.1, 0.15) is 15.2 Å². The molecule has 3 heterocycles. The Morgan fingerprint density at radius 3 is 2.71 bits per heavy atom. The molecule has 1 N–H and O–H groups in total. The summed E-state index contributed by atoms with van der Waals surface area (Å²) < 4.78 is 13.2. The summed E-state index contributed by atoms with van der Waals surface area (Å²) >= 11 is 7.36. The van der Waals surface area contributed by atoms with Crippen molar-refractivity contribution in [1.29, 1.82) is 0 Å². The van der Waals surface area contributed by atoms with Gasteiger partial charge in [-0.25, -0.2) is 14.4 Å². The summed E-state index contributed by atoms with van der Waals surface area (Å²) in [7, 11) is 2.10. The molecule has 3 aromatic rings. The lowest BCUT2D eigenvalue weighted by Crippen LogP contribution is -2.44.